The molecule has 0 bridgehead atoms. The molecule has 1 amide bonds. The number of carbonyl (C=O) groups is 3. The minimum atomic E-state index is -1.46. The standard InChI is InChI=1S/C24H18N4O8/c1-12-7-16-17(26-20(23(33)34)21(30)27-16)9-18(12)28-6-5-19(29)14(10-28)11-36-24(35)25-15-4-2-3-13(8-15)22(31)32/h2-10H,11H2,1H3,(H,25,35)(H,27,30)(H,31,32)(H,33,34). The second kappa shape index (κ2) is 9.54. The highest BCUT2D eigenvalue weighted by molar-refractivity contribution is 5.91. The Hall–Kier alpha value is -5.26. The van der Waals surface area contributed by atoms with Gasteiger partial charge in [-0.25, -0.2) is 19.4 Å². The highest BCUT2D eigenvalue weighted by Gasteiger charge is 2.14. The number of aromatic amines is 1. The topological polar surface area (TPSA) is 181 Å². The van der Waals surface area contributed by atoms with Crippen molar-refractivity contribution in [3.63, 3.8) is 0 Å². The molecule has 0 saturated heterocycles. The van der Waals surface area contributed by atoms with Crippen LogP contribution in [0.25, 0.3) is 16.7 Å². The SMILES string of the molecule is Cc1cc2[nH]c(=O)c(C(=O)O)nc2cc1-n1ccc(=O)c(COC(=O)Nc2cccc(C(=O)O)c2)c1. The van der Waals surface area contributed by atoms with Gasteiger partial charge in [-0.15, -0.1) is 0 Å². The van der Waals surface area contributed by atoms with Crippen LogP contribution < -0.4 is 16.3 Å². The number of nitrogens with one attached hydrogen (secondary N) is 2. The summed E-state index contributed by atoms with van der Waals surface area (Å²) in [6, 6.07) is 10.0. The maximum Gasteiger partial charge on any atom is 0.411 e. The van der Waals surface area contributed by atoms with Gasteiger partial charge >= 0.3 is 18.0 Å². The lowest BCUT2D eigenvalue weighted by Gasteiger charge is -2.13. The van der Waals surface area contributed by atoms with E-state index >= 15 is 0 Å². The third-order valence-electron chi connectivity index (χ3n) is 5.20. The van der Waals surface area contributed by atoms with Gasteiger partial charge in [0.25, 0.3) is 5.56 Å². The van der Waals surface area contributed by atoms with E-state index in [0.29, 0.717) is 16.8 Å². The number of ether oxygens (including phenoxy) is 1. The summed E-state index contributed by atoms with van der Waals surface area (Å²) in [5.74, 6) is -2.61. The number of hydrogen-bond donors (Lipinski definition) is 4. The molecule has 0 atom stereocenters. The van der Waals surface area contributed by atoms with Crippen LogP contribution in [0.5, 0.6) is 0 Å². The molecular weight excluding hydrogens is 472 g/mol. The number of hydrogen-bond acceptors (Lipinski definition) is 7. The molecule has 4 N–H and O–H groups in total. The molecule has 36 heavy (non-hydrogen) atoms. The molecule has 0 aliphatic rings. The van der Waals surface area contributed by atoms with Gasteiger partial charge in [-0.2, -0.15) is 0 Å². The van der Waals surface area contributed by atoms with Crippen molar-refractivity contribution >= 4 is 34.8 Å². The van der Waals surface area contributed by atoms with E-state index in [2.05, 4.69) is 15.3 Å². The lowest BCUT2D eigenvalue weighted by Crippen LogP contribution is -2.20. The zero-order chi connectivity index (χ0) is 26.0. The molecule has 2 heterocycles. The summed E-state index contributed by atoms with van der Waals surface area (Å²) >= 11 is 0. The van der Waals surface area contributed by atoms with Gasteiger partial charge in [0.2, 0.25) is 5.69 Å². The predicted octanol–water partition coefficient (Wildman–Crippen LogP) is 2.53. The van der Waals surface area contributed by atoms with Crippen LogP contribution >= 0.6 is 0 Å². The lowest BCUT2D eigenvalue weighted by molar-refractivity contribution is 0.0681. The van der Waals surface area contributed by atoms with Crippen molar-refractivity contribution in [2.75, 3.05) is 5.32 Å². The fourth-order valence-electron chi connectivity index (χ4n) is 3.47. The van der Waals surface area contributed by atoms with Crippen LogP contribution in [-0.4, -0.2) is 42.8 Å². The summed E-state index contributed by atoms with van der Waals surface area (Å²) < 4.78 is 6.71. The molecule has 12 nitrogen and oxygen atoms in total. The summed E-state index contributed by atoms with van der Waals surface area (Å²) in [6.07, 6.45) is 2.06. The molecule has 0 radical (unpaired) electrons. The molecule has 0 aliphatic carbocycles. The van der Waals surface area contributed by atoms with E-state index < -0.39 is 29.3 Å². The van der Waals surface area contributed by atoms with Crippen LogP contribution in [0.1, 0.15) is 32.0 Å². The van der Waals surface area contributed by atoms with Crippen LogP contribution in [0.2, 0.25) is 0 Å². The first-order valence-electron chi connectivity index (χ1n) is 10.4. The minimum Gasteiger partial charge on any atom is -0.478 e. The number of benzene rings is 2. The minimum absolute atomic E-state index is 0.0152. The fourth-order valence-corrected chi connectivity index (χ4v) is 3.47. The van der Waals surface area contributed by atoms with E-state index in [1.54, 1.807) is 23.6 Å². The molecule has 4 aromatic rings. The summed E-state index contributed by atoms with van der Waals surface area (Å²) in [4.78, 5) is 65.2. The number of amides is 1. The Balaban J connectivity index is 1.58. The zero-order valence-electron chi connectivity index (χ0n) is 18.6. The quantitative estimate of drug-likeness (QED) is 0.316. The molecule has 12 heteroatoms. The molecule has 0 saturated carbocycles. The van der Waals surface area contributed by atoms with E-state index in [1.807, 2.05) is 0 Å². The second-order valence-electron chi connectivity index (χ2n) is 7.70. The van der Waals surface area contributed by atoms with E-state index in [1.165, 1.54) is 42.7 Å². The summed E-state index contributed by atoms with van der Waals surface area (Å²) in [5, 5.41) is 20.6. The lowest BCUT2D eigenvalue weighted by atomic mass is 10.1. The third kappa shape index (κ3) is 4.97. The number of aromatic carboxylic acids is 2. The van der Waals surface area contributed by atoms with E-state index in [4.69, 9.17) is 9.84 Å². The van der Waals surface area contributed by atoms with Crippen molar-refractivity contribution in [2.45, 2.75) is 13.5 Å². The smallest absolute Gasteiger partial charge is 0.411 e. The number of carbonyl (C=O) groups excluding carboxylic acids is 1. The van der Waals surface area contributed by atoms with Gasteiger partial charge in [0.15, 0.2) is 5.43 Å². The Kier molecular flexibility index (Phi) is 6.33. The number of anilines is 1. The largest absolute Gasteiger partial charge is 0.478 e. The third-order valence-corrected chi connectivity index (χ3v) is 5.20. The Morgan fingerprint density at radius 2 is 1.86 bits per heavy atom. The van der Waals surface area contributed by atoms with Gasteiger partial charge < -0.3 is 24.5 Å². The van der Waals surface area contributed by atoms with Crippen molar-refractivity contribution in [3.05, 3.63) is 97.8 Å². The number of carboxylic acid groups (broad SMARTS) is 2. The van der Waals surface area contributed by atoms with Crippen LogP contribution in [0.3, 0.4) is 0 Å². The average Bonchev–Trinajstić information content (AvgIpc) is 2.83. The fraction of sp³-hybridized carbons (Fsp3) is 0.0833. The van der Waals surface area contributed by atoms with Crippen molar-refractivity contribution < 1.29 is 29.3 Å². The Bertz CT molecular complexity index is 1650. The van der Waals surface area contributed by atoms with Crippen molar-refractivity contribution in [3.8, 4) is 5.69 Å². The Labute approximate surface area is 201 Å². The molecule has 2 aromatic carbocycles. The maximum absolute atomic E-state index is 12.3. The first-order valence-corrected chi connectivity index (χ1v) is 10.4. The number of aromatic nitrogens is 3. The highest BCUT2D eigenvalue weighted by atomic mass is 16.5. The Morgan fingerprint density at radius 3 is 2.58 bits per heavy atom. The molecular formula is C24H18N4O8. The first kappa shape index (κ1) is 23.9. The zero-order valence-corrected chi connectivity index (χ0v) is 18.6. The van der Waals surface area contributed by atoms with Crippen LogP contribution in [-0.2, 0) is 11.3 Å². The number of pyridine rings is 1. The first-order chi connectivity index (χ1) is 17.1. The van der Waals surface area contributed by atoms with Crippen molar-refractivity contribution in [1.29, 1.82) is 0 Å². The number of nitrogens with zero attached hydrogens (tertiary/aromatic N) is 2. The van der Waals surface area contributed by atoms with Crippen LogP contribution in [0.4, 0.5) is 10.5 Å². The normalized spacial score (nSPS) is 10.7. The van der Waals surface area contributed by atoms with E-state index in [0.717, 1.165) is 0 Å². The number of rotatable bonds is 6. The highest BCUT2D eigenvalue weighted by Crippen LogP contribution is 2.20. The molecule has 182 valence electrons. The molecule has 0 unspecified atom stereocenters. The predicted molar refractivity (Wildman–Crippen MR) is 127 cm³/mol. The van der Waals surface area contributed by atoms with Gasteiger partial charge in [0.1, 0.15) is 6.61 Å². The second-order valence-corrected chi connectivity index (χ2v) is 7.70. The summed E-state index contributed by atoms with van der Waals surface area (Å²) in [7, 11) is 0. The molecule has 4 rings (SSSR count). The maximum atomic E-state index is 12.3. The van der Waals surface area contributed by atoms with Gasteiger partial charge in [-0.1, -0.05) is 6.07 Å². The summed E-state index contributed by atoms with van der Waals surface area (Å²) in [5.41, 5.74) is 0.301. The van der Waals surface area contributed by atoms with E-state index in [9.17, 15) is 29.1 Å². The van der Waals surface area contributed by atoms with Gasteiger partial charge in [0, 0.05) is 24.1 Å². The van der Waals surface area contributed by atoms with Gasteiger partial charge in [-0.3, -0.25) is 14.9 Å². The molecule has 0 aliphatic heterocycles. The monoisotopic (exact) mass is 490 g/mol. The number of H-pyrrole nitrogens is 1. The van der Waals surface area contributed by atoms with Crippen LogP contribution in [0.15, 0.2) is 64.4 Å². The number of aryl methyl sites for hydroxylation is 1. The molecule has 0 spiro atoms. The molecule has 0 fully saturated rings. The number of carboxylic acids is 2. The Morgan fingerprint density at radius 1 is 1.08 bits per heavy atom. The van der Waals surface area contributed by atoms with Gasteiger partial charge in [0.05, 0.1) is 27.8 Å². The number of fused-ring (bicyclic) bond motifs is 1. The van der Waals surface area contributed by atoms with E-state index in [-0.39, 0.29) is 34.4 Å². The van der Waals surface area contributed by atoms with Crippen LogP contribution in [0, 0.1) is 6.92 Å². The average molecular weight is 490 g/mol. The van der Waals surface area contributed by atoms with Gasteiger partial charge in [-0.05, 0) is 42.8 Å². The molecule has 2 aromatic heterocycles. The summed E-state index contributed by atoms with van der Waals surface area (Å²) in [6.45, 7) is 1.39. The van der Waals surface area contributed by atoms with Crippen molar-refractivity contribution in [2.24, 2.45) is 0 Å². The van der Waals surface area contributed by atoms with Crippen molar-refractivity contribution in [1.82, 2.24) is 14.5 Å².